The molecule has 0 radical (unpaired) electrons. The third-order valence-electron chi connectivity index (χ3n) is 9.28. The summed E-state index contributed by atoms with van der Waals surface area (Å²) in [5.41, 5.74) is 0.824. The molecular weight excluding hydrogens is 526 g/mol. The molecule has 2 fully saturated rings. The zero-order chi connectivity index (χ0) is 29.6. The number of nitrogens with zero attached hydrogens (tertiary/aromatic N) is 1. The number of amides is 2. The van der Waals surface area contributed by atoms with Crippen molar-refractivity contribution >= 4 is 6.03 Å². The highest BCUT2D eigenvalue weighted by Gasteiger charge is 2.42. The second kappa shape index (κ2) is 16.9. The number of aliphatic hydroxyl groups is 1. The maximum atomic E-state index is 13.6. The lowest BCUT2D eigenvalue weighted by Crippen LogP contribution is -2.54. The van der Waals surface area contributed by atoms with Crippen LogP contribution in [0.15, 0.2) is 54.6 Å². The molecule has 3 atom stereocenters. The third-order valence-corrected chi connectivity index (χ3v) is 9.28. The molecule has 2 aliphatic rings. The zero-order valence-corrected chi connectivity index (χ0v) is 25.9. The maximum absolute atomic E-state index is 13.6. The van der Waals surface area contributed by atoms with Crippen molar-refractivity contribution in [2.75, 3.05) is 40.4 Å². The molecule has 4 rings (SSSR count). The van der Waals surface area contributed by atoms with E-state index in [2.05, 4.69) is 16.7 Å². The standard InChI is InChI=1S/C35H53N3O4/c1-36-25-31(24-28-14-5-3-6-15-28)37-34(39)38-22-13-17-30(26-38)35(40,21-11-12-23-41-2)33-20-10-9-16-29(33)27-42-32-18-7-4-8-19-32/h4,7-10,16,18-20,28,30-31,36,40H,3,5-6,11-15,17,21-27H2,1-2H3,(H,37,39)/t30-,31+,35+/m1/s1. The smallest absolute Gasteiger partial charge is 0.317 e. The summed E-state index contributed by atoms with van der Waals surface area (Å²) in [5, 5.41) is 19.3. The molecule has 0 bridgehead atoms. The fraction of sp³-hybridized carbons (Fsp3) is 0.629. The number of rotatable bonds is 15. The molecule has 2 aromatic rings. The molecule has 1 saturated carbocycles. The number of piperidine rings is 1. The minimum atomic E-state index is -1.07. The van der Waals surface area contributed by atoms with Crippen LogP contribution < -0.4 is 15.4 Å². The van der Waals surface area contributed by atoms with Gasteiger partial charge in [-0.1, -0.05) is 74.6 Å². The molecule has 2 aromatic carbocycles. The van der Waals surface area contributed by atoms with Gasteiger partial charge in [0.15, 0.2) is 0 Å². The van der Waals surface area contributed by atoms with Gasteiger partial charge in [-0.2, -0.15) is 0 Å². The van der Waals surface area contributed by atoms with Crippen LogP contribution in [-0.4, -0.2) is 62.5 Å². The molecule has 0 unspecified atom stereocenters. The van der Waals surface area contributed by atoms with Crippen molar-refractivity contribution in [1.82, 2.24) is 15.5 Å². The van der Waals surface area contributed by atoms with Crippen LogP contribution in [0.1, 0.15) is 81.8 Å². The average molecular weight is 580 g/mol. The average Bonchev–Trinajstić information content (AvgIpc) is 3.03. The molecule has 42 heavy (non-hydrogen) atoms. The molecule has 1 aliphatic heterocycles. The van der Waals surface area contributed by atoms with E-state index >= 15 is 0 Å². The van der Waals surface area contributed by atoms with Crippen LogP contribution in [0, 0.1) is 11.8 Å². The van der Waals surface area contributed by atoms with Gasteiger partial charge >= 0.3 is 6.03 Å². The van der Waals surface area contributed by atoms with Crippen molar-refractivity contribution in [2.24, 2.45) is 11.8 Å². The Morgan fingerprint density at radius 1 is 1.02 bits per heavy atom. The second-order valence-electron chi connectivity index (χ2n) is 12.4. The van der Waals surface area contributed by atoms with Gasteiger partial charge in [0.2, 0.25) is 0 Å². The first kappa shape index (κ1) is 32.3. The Labute approximate surface area is 253 Å². The monoisotopic (exact) mass is 579 g/mol. The van der Waals surface area contributed by atoms with Crippen LogP contribution in [0.25, 0.3) is 0 Å². The van der Waals surface area contributed by atoms with E-state index in [0.29, 0.717) is 32.1 Å². The van der Waals surface area contributed by atoms with Crippen LogP contribution in [0.4, 0.5) is 4.79 Å². The number of benzene rings is 2. The van der Waals surface area contributed by atoms with Crippen LogP contribution >= 0.6 is 0 Å². The SMILES string of the molecule is CNC[C@H](CC1CCCCC1)NC(=O)N1CCC[C@@H]([C@@](O)(CCCCOC)c2ccccc2COc2ccccc2)C1. The summed E-state index contributed by atoms with van der Waals surface area (Å²) in [5.74, 6) is 1.43. The highest BCUT2D eigenvalue weighted by atomic mass is 16.5. The second-order valence-corrected chi connectivity index (χ2v) is 12.4. The van der Waals surface area contributed by atoms with Gasteiger partial charge in [0.25, 0.3) is 0 Å². The minimum Gasteiger partial charge on any atom is -0.489 e. The van der Waals surface area contributed by atoms with Crippen molar-refractivity contribution in [3.8, 4) is 5.75 Å². The van der Waals surface area contributed by atoms with E-state index in [9.17, 15) is 9.90 Å². The topological polar surface area (TPSA) is 83.1 Å². The molecule has 0 spiro atoms. The van der Waals surface area contributed by atoms with Crippen molar-refractivity contribution in [3.63, 3.8) is 0 Å². The predicted molar refractivity (Wildman–Crippen MR) is 169 cm³/mol. The Balaban J connectivity index is 1.49. The van der Waals surface area contributed by atoms with Crippen molar-refractivity contribution in [3.05, 3.63) is 65.7 Å². The number of hydrogen-bond donors (Lipinski definition) is 3. The van der Waals surface area contributed by atoms with E-state index in [1.807, 2.05) is 60.5 Å². The molecule has 0 aromatic heterocycles. The minimum absolute atomic E-state index is 0.00168. The largest absolute Gasteiger partial charge is 0.489 e. The van der Waals surface area contributed by atoms with Crippen molar-refractivity contribution < 1.29 is 19.4 Å². The number of urea groups is 1. The van der Waals surface area contributed by atoms with Crippen LogP contribution in [0.5, 0.6) is 5.75 Å². The van der Waals surface area contributed by atoms with E-state index in [4.69, 9.17) is 9.47 Å². The number of unbranched alkanes of at least 4 members (excludes halogenated alkanes) is 1. The number of nitrogens with one attached hydrogen (secondary N) is 2. The Kier molecular flexibility index (Phi) is 13.0. The Morgan fingerprint density at radius 2 is 1.79 bits per heavy atom. The summed E-state index contributed by atoms with van der Waals surface area (Å²) in [6.07, 6.45) is 11.6. The van der Waals surface area contributed by atoms with E-state index in [0.717, 1.165) is 62.1 Å². The number of likely N-dealkylation sites (N-methyl/N-ethyl adjacent to an activating group) is 1. The predicted octanol–water partition coefficient (Wildman–Crippen LogP) is 6.25. The summed E-state index contributed by atoms with van der Waals surface area (Å²) < 4.78 is 11.4. The zero-order valence-electron chi connectivity index (χ0n) is 25.9. The first-order valence-electron chi connectivity index (χ1n) is 16.2. The van der Waals surface area contributed by atoms with Gasteiger partial charge in [-0.3, -0.25) is 0 Å². The molecular formula is C35H53N3O4. The first-order valence-corrected chi connectivity index (χ1v) is 16.2. The molecule has 1 aliphatic carbocycles. The fourth-order valence-corrected chi connectivity index (χ4v) is 7.03. The molecule has 7 nitrogen and oxygen atoms in total. The van der Waals surface area contributed by atoms with Gasteiger partial charge < -0.3 is 30.1 Å². The van der Waals surface area contributed by atoms with Crippen LogP contribution in [0.3, 0.4) is 0 Å². The normalized spacial score (nSPS) is 20.1. The number of hydrogen-bond acceptors (Lipinski definition) is 5. The lowest BCUT2D eigenvalue weighted by Gasteiger charge is -2.44. The Morgan fingerprint density at radius 3 is 2.55 bits per heavy atom. The van der Waals surface area contributed by atoms with Gasteiger partial charge in [0.05, 0.1) is 5.60 Å². The molecule has 3 N–H and O–H groups in total. The lowest BCUT2D eigenvalue weighted by molar-refractivity contribution is -0.0574. The van der Waals surface area contributed by atoms with E-state index < -0.39 is 5.60 Å². The highest BCUT2D eigenvalue weighted by Crippen LogP contribution is 2.41. The Hall–Kier alpha value is -2.61. The van der Waals surface area contributed by atoms with Crippen LogP contribution in [0.2, 0.25) is 0 Å². The van der Waals surface area contributed by atoms with Gasteiger partial charge in [0, 0.05) is 45.3 Å². The number of carbonyl (C=O) groups excluding carboxylic acids is 1. The fourth-order valence-electron chi connectivity index (χ4n) is 7.03. The van der Waals surface area contributed by atoms with Gasteiger partial charge in [-0.25, -0.2) is 4.79 Å². The Bertz CT molecular complexity index is 1060. The maximum Gasteiger partial charge on any atom is 0.317 e. The summed E-state index contributed by atoms with van der Waals surface area (Å²) in [6.45, 7) is 3.08. The van der Waals surface area contributed by atoms with Gasteiger partial charge in [-0.15, -0.1) is 0 Å². The molecule has 7 heteroatoms. The molecule has 2 amide bonds. The number of likely N-dealkylation sites (tertiary alicyclic amines) is 1. The molecule has 1 heterocycles. The number of para-hydroxylation sites is 1. The summed E-state index contributed by atoms with van der Waals surface area (Å²) in [6, 6.07) is 18.0. The number of carbonyl (C=O) groups is 1. The number of ether oxygens (including phenoxy) is 2. The third kappa shape index (κ3) is 9.19. The summed E-state index contributed by atoms with van der Waals surface area (Å²) in [7, 11) is 3.68. The molecule has 1 saturated heterocycles. The lowest BCUT2D eigenvalue weighted by atomic mass is 9.72. The summed E-state index contributed by atoms with van der Waals surface area (Å²) >= 11 is 0. The van der Waals surface area contributed by atoms with Crippen molar-refractivity contribution in [2.45, 2.75) is 88.9 Å². The van der Waals surface area contributed by atoms with Crippen molar-refractivity contribution in [1.29, 1.82) is 0 Å². The van der Waals surface area contributed by atoms with Crippen LogP contribution in [-0.2, 0) is 16.9 Å². The van der Waals surface area contributed by atoms with E-state index in [-0.39, 0.29) is 18.0 Å². The number of methoxy groups -OCH3 is 1. The molecule has 232 valence electrons. The van der Waals surface area contributed by atoms with Gasteiger partial charge in [-0.05, 0) is 74.8 Å². The summed E-state index contributed by atoms with van der Waals surface area (Å²) in [4.78, 5) is 15.6. The quantitative estimate of drug-likeness (QED) is 0.217. The first-order chi connectivity index (χ1) is 20.5. The van der Waals surface area contributed by atoms with E-state index in [1.54, 1.807) is 7.11 Å². The van der Waals surface area contributed by atoms with Gasteiger partial charge in [0.1, 0.15) is 12.4 Å². The highest BCUT2D eigenvalue weighted by molar-refractivity contribution is 5.74. The van der Waals surface area contributed by atoms with E-state index in [1.165, 1.54) is 32.1 Å².